The molecule has 0 radical (unpaired) electrons. The molecule has 2 aromatic rings. The molecule has 24 heavy (non-hydrogen) atoms. The summed E-state index contributed by atoms with van der Waals surface area (Å²) >= 11 is 3.08. The first-order chi connectivity index (χ1) is 11.6. The number of rotatable bonds is 5. The van der Waals surface area contributed by atoms with Gasteiger partial charge in [-0.25, -0.2) is 0 Å². The Kier molecular flexibility index (Phi) is 5.89. The lowest BCUT2D eigenvalue weighted by molar-refractivity contribution is -0.131. The lowest BCUT2D eigenvalue weighted by Gasteiger charge is -2.33. The molecule has 1 atom stereocenters. The van der Waals surface area contributed by atoms with E-state index < -0.39 is 0 Å². The Morgan fingerprint density at radius 1 is 1.29 bits per heavy atom. The predicted octanol–water partition coefficient (Wildman–Crippen LogP) is 3.81. The summed E-state index contributed by atoms with van der Waals surface area (Å²) in [6.45, 7) is 5.65. The molecule has 0 saturated carbocycles. The monoisotopic (exact) mass is 361 g/mol. The van der Waals surface area contributed by atoms with Crippen molar-refractivity contribution < 1.29 is 4.79 Å². The molecule has 0 aliphatic carbocycles. The molecule has 4 nitrogen and oxygen atoms in total. The molecule has 0 N–H and O–H groups in total. The van der Waals surface area contributed by atoms with Gasteiger partial charge in [-0.3, -0.25) is 4.79 Å². The Bertz CT molecular complexity index is 666. The van der Waals surface area contributed by atoms with Crippen LogP contribution in [-0.2, 0) is 11.2 Å². The third kappa shape index (κ3) is 4.57. The number of nitrogens with zero attached hydrogens (tertiary/aromatic N) is 3. The average Bonchev–Trinajstić information content (AvgIpc) is 3.00. The van der Waals surface area contributed by atoms with E-state index in [1.54, 1.807) is 11.3 Å². The largest absolute Gasteiger partial charge is 0.342 e. The van der Waals surface area contributed by atoms with Gasteiger partial charge in [0.15, 0.2) is 4.34 Å². The minimum Gasteiger partial charge on any atom is -0.342 e. The van der Waals surface area contributed by atoms with Crippen LogP contribution in [0.2, 0.25) is 0 Å². The van der Waals surface area contributed by atoms with Gasteiger partial charge in [0.25, 0.3) is 0 Å². The van der Waals surface area contributed by atoms with Crippen LogP contribution in [0.25, 0.3) is 0 Å². The van der Waals surface area contributed by atoms with Gasteiger partial charge in [0, 0.05) is 13.1 Å². The number of benzene rings is 1. The molecule has 2 heterocycles. The zero-order valence-corrected chi connectivity index (χ0v) is 15.8. The van der Waals surface area contributed by atoms with Crippen LogP contribution in [0.15, 0.2) is 34.7 Å². The van der Waals surface area contributed by atoms with Gasteiger partial charge in [-0.05, 0) is 44.6 Å². The van der Waals surface area contributed by atoms with Crippen molar-refractivity contribution >= 4 is 29.0 Å². The quantitative estimate of drug-likeness (QED) is 0.760. The SMILES string of the molecule is Cc1nnc(SC(C)C(=O)N2CCC(Cc3ccccc3)CC2)s1. The number of piperidine rings is 1. The van der Waals surface area contributed by atoms with Gasteiger partial charge in [-0.15, -0.1) is 10.2 Å². The van der Waals surface area contributed by atoms with Crippen LogP contribution < -0.4 is 0 Å². The highest BCUT2D eigenvalue weighted by Gasteiger charge is 2.27. The van der Waals surface area contributed by atoms with Crippen LogP contribution in [-0.4, -0.2) is 39.3 Å². The second kappa shape index (κ2) is 8.12. The first kappa shape index (κ1) is 17.4. The molecule has 1 fully saturated rings. The van der Waals surface area contributed by atoms with Crippen molar-refractivity contribution in [3.05, 3.63) is 40.9 Å². The molecule has 128 valence electrons. The number of carbonyl (C=O) groups excluding carboxylic acids is 1. The van der Waals surface area contributed by atoms with Crippen molar-refractivity contribution in [2.45, 2.75) is 42.7 Å². The molecule has 0 bridgehead atoms. The first-order valence-electron chi connectivity index (χ1n) is 8.41. The summed E-state index contributed by atoms with van der Waals surface area (Å²) in [6.07, 6.45) is 3.31. The number of likely N-dealkylation sites (tertiary alicyclic amines) is 1. The number of hydrogen-bond donors (Lipinski definition) is 0. The van der Waals surface area contributed by atoms with Crippen molar-refractivity contribution in [3.8, 4) is 0 Å². The molecule has 6 heteroatoms. The van der Waals surface area contributed by atoms with E-state index in [0.717, 1.165) is 41.7 Å². The normalized spacial score (nSPS) is 17.0. The van der Waals surface area contributed by atoms with Crippen molar-refractivity contribution in [2.75, 3.05) is 13.1 Å². The molecule has 1 aliphatic heterocycles. The highest BCUT2D eigenvalue weighted by molar-refractivity contribution is 8.02. The maximum absolute atomic E-state index is 12.6. The van der Waals surface area contributed by atoms with Crippen LogP contribution in [0.1, 0.15) is 30.3 Å². The fraction of sp³-hybridized carbons (Fsp3) is 0.500. The van der Waals surface area contributed by atoms with Gasteiger partial charge in [0.05, 0.1) is 5.25 Å². The smallest absolute Gasteiger partial charge is 0.235 e. The lowest BCUT2D eigenvalue weighted by Crippen LogP contribution is -2.42. The number of carbonyl (C=O) groups is 1. The molecule has 1 amide bonds. The Labute approximate surface area is 151 Å². The summed E-state index contributed by atoms with van der Waals surface area (Å²) in [5.74, 6) is 0.913. The van der Waals surface area contributed by atoms with Crippen LogP contribution in [0.4, 0.5) is 0 Å². The van der Waals surface area contributed by atoms with E-state index >= 15 is 0 Å². The maximum Gasteiger partial charge on any atom is 0.235 e. The standard InChI is InChI=1S/C18H23N3OS2/c1-13(23-18-20-19-14(2)24-18)17(22)21-10-8-16(9-11-21)12-15-6-4-3-5-7-15/h3-7,13,16H,8-12H2,1-2H3. The van der Waals surface area contributed by atoms with E-state index in [4.69, 9.17) is 0 Å². The summed E-state index contributed by atoms with van der Waals surface area (Å²) in [4.78, 5) is 14.7. The van der Waals surface area contributed by atoms with E-state index in [2.05, 4.69) is 40.5 Å². The van der Waals surface area contributed by atoms with Gasteiger partial charge in [0.2, 0.25) is 5.91 Å². The second-order valence-corrected chi connectivity index (χ2v) is 9.08. The highest BCUT2D eigenvalue weighted by atomic mass is 32.2. The van der Waals surface area contributed by atoms with Gasteiger partial charge in [-0.1, -0.05) is 53.4 Å². The van der Waals surface area contributed by atoms with E-state index in [9.17, 15) is 4.79 Å². The maximum atomic E-state index is 12.6. The van der Waals surface area contributed by atoms with E-state index in [-0.39, 0.29) is 11.2 Å². The summed E-state index contributed by atoms with van der Waals surface area (Å²) in [6, 6.07) is 10.6. The third-order valence-electron chi connectivity index (χ3n) is 4.43. The summed E-state index contributed by atoms with van der Waals surface area (Å²) < 4.78 is 0.882. The van der Waals surface area contributed by atoms with E-state index in [1.807, 2.05) is 18.7 Å². The molecular formula is C18H23N3OS2. The molecule has 1 aromatic heterocycles. The summed E-state index contributed by atoms with van der Waals surface area (Å²) in [5.41, 5.74) is 1.40. The van der Waals surface area contributed by atoms with Crippen LogP contribution in [0, 0.1) is 12.8 Å². The van der Waals surface area contributed by atoms with Crippen molar-refractivity contribution in [3.63, 3.8) is 0 Å². The zero-order chi connectivity index (χ0) is 16.9. The topological polar surface area (TPSA) is 46.1 Å². The van der Waals surface area contributed by atoms with Gasteiger partial charge in [-0.2, -0.15) is 0 Å². The first-order valence-corrected chi connectivity index (χ1v) is 10.1. The fourth-order valence-electron chi connectivity index (χ4n) is 3.09. The Morgan fingerprint density at radius 3 is 2.62 bits per heavy atom. The molecule has 0 spiro atoms. The van der Waals surface area contributed by atoms with Gasteiger partial charge >= 0.3 is 0 Å². The summed E-state index contributed by atoms with van der Waals surface area (Å²) in [7, 11) is 0. The minimum atomic E-state index is -0.0944. The van der Waals surface area contributed by atoms with Crippen molar-refractivity contribution in [2.24, 2.45) is 5.92 Å². The molecule has 1 aromatic carbocycles. The third-order valence-corrected chi connectivity index (χ3v) is 6.44. The van der Waals surface area contributed by atoms with Crippen LogP contribution >= 0.6 is 23.1 Å². The number of hydrogen-bond acceptors (Lipinski definition) is 5. The number of aryl methyl sites for hydroxylation is 1. The summed E-state index contributed by atoms with van der Waals surface area (Å²) in [5, 5.41) is 8.97. The number of amides is 1. The van der Waals surface area contributed by atoms with E-state index in [1.165, 1.54) is 17.3 Å². The number of thioether (sulfide) groups is 1. The lowest BCUT2D eigenvalue weighted by atomic mass is 9.90. The van der Waals surface area contributed by atoms with Crippen molar-refractivity contribution in [1.29, 1.82) is 0 Å². The molecule has 1 aliphatic rings. The zero-order valence-electron chi connectivity index (χ0n) is 14.1. The van der Waals surface area contributed by atoms with E-state index in [0.29, 0.717) is 5.92 Å². The van der Waals surface area contributed by atoms with Gasteiger partial charge in [0.1, 0.15) is 5.01 Å². The highest BCUT2D eigenvalue weighted by Crippen LogP contribution is 2.29. The molecule has 1 saturated heterocycles. The number of aromatic nitrogens is 2. The van der Waals surface area contributed by atoms with Crippen molar-refractivity contribution in [1.82, 2.24) is 15.1 Å². The Morgan fingerprint density at radius 2 is 2.00 bits per heavy atom. The molecule has 3 rings (SSSR count). The molecule has 1 unspecified atom stereocenters. The minimum absolute atomic E-state index is 0.0944. The predicted molar refractivity (Wildman–Crippen MR) is 99.4 cm³/mol. The molecular weight excluding hydrogens is 338 g/mol. The average molecular weight is 362 g/mol. The van der Waals surface area contributed by atoms with Crippen LogP contribution in [0.5, 0.6) is 0 Å². The van der Waals surface area contributed by atoms with Crippen LogP contribution in [0.3, 0.4) is 0 Å². The Hall–Kier alpha value is -1.40. The second-order valence-electron chi connectivity index (χ2n) is 6.31. The Balaban J connectivity index is 1.47. The van der Waals surface area contributed by atoms with Gasteiger partial charge < -0.3 is 4.90 Å². The fourth-order valence-corrected chi connectivity index (χ4v) is 5.13.